The summed E-state index contributed by atoms with van der Waals surface area (Å²) in [6.07, 6.45) is 8.95. The molecule has 0 radical (unpaired) electrons. The lowest BCUT2D eigenvalue weighted by Crippen LogP contribution is -2.11. The summed E-state index contributed by atoms with van der Waals surface area (Å²) >= 11 is 0. The monoisotopic (exact) mass is 357 g/mol. The van der Waals surface area contributed by atoms with E-state index in [2.05, 4.69) is 6.92 Å². The van der Waals surface area contributed by atoms with E-state index in [1.165, 1.54) is 38.2 Å². The third-order valence-electron chi connectivity index (χ3n) is 4.76. The van der Waals surface area contributed by atoms with Gasteiger partial charge in [0, 0.05) is 6.04 Å². The van der Waals surface area contributed by atoms with Gasteiger partial charge in [-0.3, -0.25) is 0 Å². The van der Waals surface area contributed by atoms with Crippen LogP contribution in [-0.4, -0.2) is 6.61 Å². The van der Waals surface area contributed by atoms with Gasteiger partial charge in [0.05, 0.1) is 6.61 Å². The van der Waals surface area contributed by atoms with Crippen LogP contribution in [0.5, 0.6) is 5.75 Å². The minimum Gasteiger partial charge on any atom is -0.494 e. The minimum atomic E-state index is -0.154. The van der Waals surface area contributed by atoms with Gasteiger partial charge < -0.3 is 10.5 Å². The number of hydrogen-bond acceptors (Lipinski definition) is 2. The first-order valence-electron chi connectivity index (χ1n) is 9.92. The van der Waals surface area contributed by atoms with Gasteiger partial charge in [-0.25, -0.2) is 4.39 Å². The average Bonchev–Trinajstić information content (AvgIpc) is 2.67. The van der Waals surface area contributed by atoms with Crippen LogP contribution in [0.1, 0.15) is 69.0 Å². The molecule has 0 amide bonds. The smallest absolute Gasteiger partial charge is 0.126 e. The summed E-state index contributed by atoms with van der Waals surface area (Å²) in [7, 11) is 0. The molecule has 0 heterocycles. The van der Waals surface area contributed by atoms with E-state index in [9.17, 15) is 4.39 Å². The number of nitrogens with two attached hydrogens (primary N) is 1. The van der Waals surface area contributed by atoms with E-state index in [-0.39, 0.29) is 11.9 Å². The molecule has 2 nitrogen and oxygen atoms in total. The lowest BCUT2D eigenvalue weighted by molar-refractivity contribution is 0.304. The first-order chi connectivity index (χ1) is 12.7. The van der Waals surface area contributed by atoms with Crippen LogP contribution in [0.4, 0.5) is 4.39 Å². The normalized spacial score (nSPS) is 12.1. The molecule has 0 aromatic heterocycles. The Morgan fingerprint density at radius 1 is 0.923 bits per heavy atom. The van der Waals surface area contributed by atoms with Gasteiger partial charge in [0.25, 0.3) is 0 Å². The largest absolute Gasteiger partial charge is 0.494 e. The van der Waals surface area contributed by atoms with Crippen molar-refractivity contribution in [3.05, 3.63) is 65.5 Å². The summed E-state index contributed by atoms with van der Waals surface area (Å²) in [5.74, 6) is 0.738. The number of rotatable bonds is 12. The number of halogens is 1. The molecule has 0 aliphatic heterocycles. The number of benzene rings is 2. The molecule has 2 rings (SSSR count). The van der Waals surface area contributed by atoms with Crippen LogP contribution in [-0.2, 0) is 6.42 Å². The van der Waals surface area contributed by atoms with Crippen molar-refractivity contribution in [2.45, 2.75) is 64.3 Å². The van der Waals surface area contributed by atoms with Crippen LogP contribution in [0.15, 0.2) is 48.5 Å². The SMILES string of the molecule is CCCCCCCCOc1ccc(C(N)CCc2ccccc2F)cc1. The fraction of sp³-hybridized carbons (Fsp3) is 0.478. The number of unbranched alkanes of at least 4 members (excludes halogenated alkanes) is 5. The molecule has 0 spiro atoms. The van der Waals surface area contributed by atoms with E-state index < -0.39 is 0 Å². The van der Waals surface area contributed by atoms with Gasteiger partial charge in [-0.15, -0.1) is 0 Å². The van der Waals surface area contributed by atoms with Crippen molar-refractivity contribution in [1.29, 1.82) is 0 Å². The summed E-state index contributed by atoms with van der Waals surface area (Å²) in [5, 5.41) is 0. The molecule has 26 heavy (non-hydrogen) atoms. The molecule has 2 N–H and O–H groups in total. The third kappa shape index (κ3) is 7.17. The molecule has 2 aromatic carbocycles. The Morgan fingerprint density at radius 3 is 2.35 bits per heavy atom. The van der Waals surface area contributed by atoms with Gasteiger partial charge in [-0.1, -0.05) is 69.4 Å². The van der Waals surface area contributed by atoms with Crippen molar-refractivity contribution in [2.24, 2.45) is 5.73 Å². The molecule has 2 aromatic rings. The quantitative estimate of drug-likeness (QED) is 0.459. The molecule has 1 unspecified atom stereocenters. The molecular weight excluding hydrogens is 325 g/mol. The second kappa shape index (κ2) is 11.7. The topological polar surface area (TPSA) is 35.2 Å². The van der Waals surface area contributed by atoms with E-state index in [0.717, 1.165) is 36.3 Å². The maximum Gasteiger partial charge on any atom is 0.126 e. The van der Waals surface area contributed by atoms with Crippen molar-refractivity contribution in [3.8, 4) is 5.75 Å². The van der Waals surface area contributed by atoms with E-state index in [4.69, 9.17) is 10.5 Å². The zero-order valence-corrected chi connectivity index (χ0v) is 15.9. The Morgan fingerprint density at radius 2 is 1.62 bits per heavy atom. The Kier molecular flexibility index (Phi) is 9.19. The summed E-state index contributed by atoms with van der Waals surface area (Å²) in [5.41, 5.74) is 8.05. The van der Waals surface area contributed by atoms with Crippen molar-refractivity contribution in [3.63, 3.8) is 0 Å². The number of aryl methyl sites for hydroxylation is 1. The molecule has 0 saturated carbocycles. The predicted octanol–water partition coefficient (Wildman–Crippen LogP) is 6.20. The van der Waals surface area contributed by atoms with E-state index in [1.807, 2.05) is 36.4 Å². The molecular formula is C23H32FNO. The third-order valence-corrected chi connectivity index (χ3v) is 4.76. The van der Waals surface area contributed by atoms with Gasteiger partial charge in [-0.05, 0) is 48.6 Å². The lowest BCUT2D eigenvalue weighted by atomic mass is 9.99. The predicted molar refractivity (Wildman–Crippen MR) is 107 cm³/mol. The maximum atomic E-state index is 13.7. The molecule has 0 aliphatic carbocycles. The van der Waals surface area contributed by atoms with E-state index >= 15 is 0 Å². The fourth-order valence-electron chi connectivity index (χ4n) is 3.06. The molecule has 3 heteroatoms. The van der Waals surface area contributed by atoms with E-state index in [1.54, 1.807) is 6.07 Å². The van der Waals surface area contributed by atoms with Crippen LogP contribution in [0, 0.1) is 5.82 Å². The second-order valence-electron chi connectivity index (χ2n) is 6.92. The molecule has 0 saturated heterocycles. The molecule has 0 aliphatic rings. The van der Waals surface area contributed by atoms with Crippen molar-refractivity contribution in [2.75, 3.05) is 6.61 Å². The highest BCUT2D eigenvalue weighted by Gasteiger charge is 2.08. The summed E-state index contributed by atoms with van der Waals surface area (Å²) in [4.78, 5) is 0. The summed E-state index contributed by atoms with van der Waals surface area (Å²) < 4.78 is 19.5. The van der Waals surface area contributed by atoms with Crippen molar-refractivity contribution < 1.29 is 9.13 Å². The van der Waals surface area contributed by atoms with E-state index in [0.29, 0.717) is 6.42 Å². The van der Waals surface area contributed by atoms with Gasteiger partial charge in [-0.2, -0.15) is 0 Å². The molecule has 1 atom stereocenters. The highest BCUT2D eigenvalue weighted by molar-refractivity contribution is 5.29. The highest BCUT2D eigenvalue weighted by Crippen LogP contribution is 2.21. The van der Waals surface area contributed by atoms with Crippen LogP contribution in [0.3, 0.4) is 0 Å². The lowest BCUT2D eigenvalue weighted by Gasteiger charge is -2.13. The van der Waals surface area contributed by atoms with Crippen LogP contribution >= 0.6 is 0 Å². The standard InChI is InChI=1S/C23H32FNO/c1-2-3-4-5-6-9-18-26-21-15-12-20(13-16-21)23(25)17-14-19-10-7-8-11-22(19)24/h7-8,10-13,15-16,23H,2-6,9,14,17-18,25H2,1H3. The van der Waals surface area contributed by atoms with Crippen LogP contribution in [0.2, 0.25) is 0 Å². The van der Waals surface area contributed by atoms with Gasteiger partial charge in [0.15, 0.2) is 0 Å². The van der Waals surface area contributed by atoms with Gasteiger partial charge >= 0.3 is 0 Å². The first kappa shape index (κ1) is 20.4. The zero-order chi connectivity index (χ0) is 18.6. The minimum absolute atomic E-state index is 0.0952. The van der Waals surface area contributed by atoms with Crippen LogP contribution in [0.25, 0.3) is 0 Å². The van der Waals surface area contributed by atoms with Crippen LogP contribution < -0.4 is 10.5 Å². The molecule has 0 bridgehead atoms. The highest BCUT2D eigenvalue weighted by atomic mass is 19.1. The average molecular weight is 358 g/mol. The number of hydrogen-bond donors (Lipinski definition) is 1. The van der Waals surface area contributed by atoms with Gasteiger partial charge in [0.1, 0.15) is 11.6 Å². The first-order valence-corrected chi connectivity index (χ1v) is 9.92. The Balaban J connectivity index is 1.70. The van der Waals surface area contributed by atoms with Gasteiger partial charge in [0.2, 0.25) is 0 Å². The Bertz CT molecular complexity index is 626. The summed E-state index contributed by atoms with van der Waals surface area (Å²) in [6, 6.07) is 14.8. The zero-order valence-electron chi connectivity index (χ0n) is 15.9. The Hall–Kier alpha value is -1.87. The summed E-state index contributed by atoms with van der Waals surface area (Å²) in [6.45, 7) is 3.00. The number of ether oxygens (including phenoxy) is 1. The molecule has 0 fully saturated rings. The Labute approximate surface area is 157 Å². The fourth-order valence-corrected chi connectivity index (χ4v) is 3.06. The maximum absolute atomic E-state index is 13.7. The molecule has 142 valence electrons. The van der Waals surface area contributed by atoms with Crippen molar-refractivity contribution >= 4 is 0 Å². The van der Waals surface area contributed by atoms with Crippen molar-refractivity contribution in [1.82, 2.24) is 0 Å². The second-order valence-corrected chi connectivity index (χ2v) is 6.92.